The lowest BCUT2D eigenvalue weighted by molar-refractivity contribution is 1.13. The van der Waals surface area contributed by atoms with Crippen LogP contribution in [0.15, 0.2) is 33.2 Å². The number of nitrogens with one attached hydrogen (secondary N) is 1. The molecule has 0 atom stereocenters. The average Bonchev–Trinajstić information content (AvgIpc) is 2.75. The molecule has 1 aromatic carbocycles. The normalized spacial score (nSPS) is 11.1. The van der Waals surface area contributed by atoms with E-state index >= 15 is 0 Å². The predicted octanol–water partition coefficient (Wildman–Crippen LogP) is 4.22. The van der Waals surface area contributed by atoms with Gasteiger partial charge in [0.25, 0.3) is 0 Å². The van der Waals surface area contributed by atoms with Gasteiger partial charge in [0, 0.05) is 9.85 Å². The lowest BCUT2D eigenvalue weighted by Gasteiger charge is -2.03. The summed E-state index contributed by atoms with van der Waals surface area (Å²) < 4.78 is 1.06. The average molecular weight is 324 g/mol. The summed E-state index contributed by atoms with van der Waals surface area (Å²) in [6.45, 7) is 4.10. The minimum Gasteiger partial charge on any atom is -0.253 e. The number of aromatic nitrogens is 1. The number of thiazole rings is 1. The van der Waals surface area contributed by atoms with Gasteiger partial charge in [-0.2, -0.15) is 5.10 Å². The topological polar surface area (TPSA) is 37.3 Å². The van der Waals surface area contributed by atoms with Gasteiger partial charge in [-0.15, -0.1) is 11.3 Å². The molecule has 3 nitrogen and oxygen atoms in total. The van der Waals surface area contributed by atoms with Crippen molar-refractivity contribution in [2.45, 2.75) is 20.3 Å². The molecule has 0 unspecified atom stereocenters. The Balaban J connectivity index is 2.11. The van der Waals surface area contributed by atoms with Crippen LogP contribution in [-0.4, -0.2) is 11.2 Å². The van der Waals surface area contributed by atoms with Gasteiger partial charge in [0.05, 0.1) is 11.9 Å². The van der Waals surface area contributed by atoms with E-state index in [0.29, 0.717) is 0 Å². The van der Waals surface area contributed by atoms with E-state index in [9.17, 15) is 0 Å². The molecule has 5 heteroatoms. The van der Waals surface area contributed by atoms with E-state index in [1.54, 1.807) is 11.3 Å². The highest BCUT2D eigenvalue weighted by Crippen LogP contribution is 2.17. The number of nitrogens with zero attached hydrogens (tertiary/aromatic N) is 2. The van der Waals surface area contributed by atoms with Crippen LogP contribution in [0.5, 0.6) is 0 Å². The minimum atomic E-state index is 0.816. The molecule has 2 rings (SSSR count). The van der Waals surface area contributed by atoms with Gasteiger partial charge >= 0.3 is 0 Å². The van der Waals surface area contributed by atoms with Crippen molar-refractivity contribution in [1.82, 2.24) is 4.98 Å². The van der Waals surface area contributed by atoms with Crippen molar-refractivity contribution >= 4 is 38.6 Å². The Morgan fingerprint density at radius 3 is 3.00 bits per heavy atom. The number of aryl methyl sites for hydroxylation is 2. The van der Waals surface area contributed by atoms with Crippen LogP contribution in [0.25, 0.3) is 0 Å². The standard InChI is InChI=1S/C13H14BrN3S/c1-3-10-4-5-12(14)6-11(10)7-15-17-13-16-9(2)8-18-13/h4-8H,3H2,1-2H3,(H,16,17). The van der Waals surface area contributed by atoms with E-state index in [0.717, 1.165) is 27.3 Å². The zero-order chi connectivity index (χ0) is 13.0. The quantitative estimate of drug-likeness (QED) is 0.675. The summed E-state index contributed by atoms with van der Waals surface area (Å²) in [5.41, 5.74) is 6.35. The molecule has 0 aliphatic carbocycles. The Morgan fingerprint density at radius 2 is 2.33 bits per heavy atom. The zero-order valence-electron chi connectivity index (χ0n) is 10.3. The predicted molar refractivity (Wildman–Crippen MR) is 81.6 cm³/mol. The molecule has 1 heterocycles. The van der Waals surface area contributed by atoms with Gasteiger partial charge in [-0.05, 0) is 36.6 Å². The molecule has 0 aliphatic rings. The third-order valence-electron chi connectivity index (χ3n) is 2.47. The van der Waals surface area contributed by atoms with Gasteiger partial charge in [0.15, 0.2) is 0 Å². The van der Waals surface area contributed by atoms with E-state index in [2.05, 4.69) is 50.5 Å². The summed E-state index contributed by atoms with van der Waals surface area (Å²) in [6, 6.07) is 6.23. The van der Waals surface area contributed by atoms with Gasteiger partial charge < -0.3 is 0 Å². The van der Waals surface area contributed by atoms with Crippen LogP contribution in [0.2, 0.25) is 0 Å². The van der Waals surface area contributed by atoms with Gasteiger partial charge in [0.2, 0.25) is 5.13 Å². The lowest BCUT2D eigenvalue weighted by atomic mass is 10.1. The maximum Gasteiger partial charge on any atom is 0.203 e. The van der Waals surface area contributed by atoms with E-state index in [1.807, 2.05) is 24.6 Å². The molecule has 0 aliphatic heterocycles. The molecule has 2 aromatic rings. The number of hydrazone groups is 1. The Hall–Kier alpha value is -1.20. The van der Waals surface area contributed by atoms with E-state index in [4.69, 9.17) is 0 Å². The third-order valence-corrected chi connectivity index (χ3v) is 3.83. The van der Waals surface area contributed by atoms with Gasteiger partial charge in [0.1, 0.15) is 0 Å². The summed E-state index contributed by atoms with van der Waals surface area (Å²) in [6.07, 6.45) is 2.82. The van der Waals surface area contributed by atoms with Crippen LogP contribution in [0.3, 0.4) is 0 Å². The second kappa shape index (κ2) is 6.11. The van der Waals surface area contributed by atoms with Crippen LogP contribution in [0, 0.1) is 6.92 Å². The van der Waals surface area contributed by atoms with Crippen LogP contribution in [0.4, 0.5) is 5.13 Å². The minimum absolute atomic E-state index is 0.816. The van der Waals surface area contributed by atoms with Crippen LogP contribution in [0.1, 0.15) is 23.7 Å². The fourth-order valence-corrected chi connectivity index (χ4v) is 2.59. The molecule has 0 spiro atoms. The fraction of sp³-hybridized carbons (Fsp3) is 0.231. The first-order valence-electron chi connectivity index (χ1n) is 5.68. The highest BCUT2D eigenvalue weighted by molar-refractivity contribution is 9.10. The maximum absolute atomic E-state index is 4.29. The first-order valence-corrected chi connectivity index (χ1v) is 7.36. The van der Waals surface area contributed by atoms with E-state index in [-0.39, 0.29) is 0 Å². The molecule has 18 heavy (non-hydrogen) atoms. The van der Waals surface area contributed by atoms with E-state index < -0.39 is 0 Å². The highest BCUT2D eigenvalue weighted by Gasteiger charge is 1.99. The molecule has 0 saturated heterocycles. The summed E-state index contributed by atoms with van der Waals surface area (Å²) in [5.74, 6) is 0. The van der Waals surface area contributed by atoms with E-state index in [1.165, 1.54) is 5.56 Å². The lowest BCUT2D eigenvalue weighted by Crippen LogP contribution is -1.94. The largest absolute Gasteiger partial charge is 0.253 e. The summed E-state index contributed by atoms with van der Waals surface area (Å²) in [4.78, 5) is 4.29. The number of benzene rings is 1. The first kappa shape index (κ1) is 13.2. The smallest absolute Gasteiger partial charge is 0.203 e. The highest BCUT2D eigenvalue weighted by atomic mass is 79.9. The fourth-order valence-electron chi connectivity index (χ4n) is 1.57. The molecular formula is C13H14BrN3S. The van der Waals surface area contributed by atoms with Crippen molar-refractivity contribution in [1.29, 1.82) is 0 Å². The molecule has 0 bridgehead atoms. The SMILES string of the molecule is CCc1ccc(Br)cc1C=NNc1nc(C)cs1. The first-order chi connectivity index (χ1) is 8.69. The summed E-state index contributed by atoms with van der Waals surface area (Å²) in [7, 11) is 0. The molecule has 0 amide bonds. The third kappa shape index (κ3) is 3.40. The number of hydrogen-bond donors (Lipinski definition) is 1. The molecule has 0 fully saturated rings. The molecule has 1 N–H and O–H groups in total. The molecule has 94 valence electrons. The second-order valence-electron chi connectivity index (χ2n) is 3.86. The zero-order valence-corrected chi connectivity index (χ0v) is 12.7. The Kier molecular flexibility index (Phi) is 4.49. The molecule has 1 aromatic heterocycles. The maximum atomic E-state index is 4.29. The van der Waals surface area contributed by atoms with Crippen molar-refractivity contribution in [3.8, 4) is 0 Å². The van der Waals surface area contributed by atoms with Crippen LogP contribution in [-0.2, 0) is 6.42 Å². The van der Waals surface area contributed by atoms with Gasteiger partial charge in [-0.25, -0.2) is 4.98 Å². The van der Waals surface area contributed by atoms with Crippen LogP contribution < -0.4 is 5.43 Å². The Morgan fingerprint density at radius 1 is 1.50 bits per heavy atom. The molecule has 0 saturated carbocycles. The van der Waals surface area contributed by atoms with Crippen molar-refractivity contribution in [2.75, 3.05) is 5.43 Å². The summed E-state index contributed by atoms with van der Waals surface area (Å²) >= 11 is 5.03. The number of rotatable bonds is 4. The Labute approximate surface area is 119 Å². The second-order valence-corrected chi connectivity index (χ2v) is 5.63. The summed E-state index contributed by atoms with van der Waals surface area (Å²) in [5, 5.41) is 7.04. The Bertz CT molecular complexity index is 563. The number of hydrogen-bond acceptors (Lipinski definition) is 4. The van der Waals surface area contributed by atoms with Gasteiger partial charge in [-0.1, -0.05) is 28.9 Å². The van der Waals surface area contributed by atoms with Crippen molar-refractivity contribution in [2.24, 2.45) is 5.10 Å². The van der Waals surface area contributed by atoms with Crippen LogP contribution >= 0.6 is 27.3 Å². The molecule has 0 radical (unpaired) electrons. The van der Waals surface area contributed by atoms with Crippen molar-refractivity contribution in [3.63, 3.8) is 0 Å². The number of halogens is 1. The molecular weight excluding hydrogens is 310 g/mol. The monoisotopic (exact) mass is 323 g/mol. The number of anilines is 1. The van der Waals surface area contributed by atoms with Gasteiger partial charge in [-0.3, -0.25) is 5.43 Å². The van der Waals surface area contributed by atoms with Crippen molar-refractivity contribution < 1.29 is 0 Å². The van der Waals surface area contributed by atoms with Crippen molar-refractivity contribution in [3.05, 3.63) is 44.9 Å².